The highest BCUT2D eigenvalue weighted by Crippen LogP contribution is 2.47. The zero-order valence-electron chi connectivity index (χ0n) is 18.3. The molecule has 3 aromatic rings. The van der Waals surface area contributed by atoms with Crippen molar-refractivity contribution in [3.05, 3.63) is 66.2 Å². The number of carbonyl (C=O) groups is 1. The largest absolute Gasteiger partial charge is 0.466 e. The van der Waals surface area contributed by atoms with Gasteiger partial charge in [0.2, 0.25) is 5.88 Å². The van der Waals surface area contributed by atoms with E-state index in [2.05, 4.69) is 0 Å². The fraction of sp³-hybridized carbons (Fsp3) is 0.308. The number of nitrogens with two attached hydrogens (primary N) is 1. The predicted octanol–water partition coefficient (Wildman–Crippen LogP) is 3.86. The zero-order valence-corrected chi connectivity index (χ0v) is 18.3. The molecule has 1 aromatic heterocycles. The molecule has 0 spiro atoms. The minimum Gasteiger partial charge on any atom is -0.466 e. The highest BCUT2D eigenvalue weighted by Gasteiger charge is 2.49. The number of carbonyl (C=O) groups excluding carboxylic acids is 1. The summed E-state index contributed by atoms with van der Waals surface area (Å²) in [5.41, 5.74) is 10.7. The minimum absolute atomic E-state index is 0.00742. The number of likely N-dealkylation sites (N-methyl/N-ethyl adjacent to an activating group) is 1. The zero-order chi connectivity index (χ0) is 22.5. The normalized spacial score (nSPS) is 24.5. The van der Waals surface area contributed by atoms with Gasteiger partial charge < -0.3 is 20.5 Å². The lowest BCUT2D eigenvalue weighted by atomic mass is 9.63. The third kappa shape index (κ3) is 3.45. The molecule has 0 unspecified atom stereocenters. The van der Waals surface area contributed by atoms with E-state index in [1.807, 2.05) is 74.5 Å². The van der Waals surface area contributed by atoms with Crippen LogP contribution in [0, 0.1) is 0 Å². The summed E-state index contributed by atoms with van der Waals surface area (Å²) in [6, 6.07) is 20.1. The van der Waals surface area contributed by atoms with Crippen LogP contribution < -0.4 is 15.4 Å². The van der Waals surface area contributed by atoms with Gasteiger partial charge in [0.15, 0.2) is 6.61 Å². The molecule has 0 atom stereocenters. The van der Waals surface area contributed by atoms with Crippen LogP contribution in [0.15, 0.2) is 60.7 Å². The molecule has 2 heterocycles. The highest BCUT2D eigenvalue weighted by molar-refractivity contribution is 5.99. The third-order valence-corrected chi connectivity index (χ3v) is 6.42. The van der Waals surface area contributed by atoms with Crippen LogP contribution in [0.25, 0.3) is 22.4 Å². The van der Waals surface area contributed by atoms with E-state index in [4.69, 9.17) is 15.5 Å². The molecule has 6 heteroatoms. The first kappa shape index (κ1) is 20.7. The molecule has 0 radical (unpaired) electrons. The fourth-order valence-electron chi connectivity index (χ4n) is 5.00. The molecular weight excluding hydrogens is 402 g/mol. The van der Waals surface area contributed by atoms with Crippen LogP contribution in [0.1, 0.15) is 32.3 Å². The molecule has 1 aliphatic heterocycles. The molecule has 5 rings (SSSR count). The van der Waals surface area contributed by atoms with Gasteiger partial charge in [-0.3, -0.25) is 4.79 Å². The van der Waals surface area contributed by atoms with Crippen LogP contribution in [0.4, 0.5) is 5.69 Å². The maximum absolute atomic E-state index is 12.3. The number of nitrogens with zero attached hydrogens (tertiary/aromatic N) is 2. The van der Waals surface area contributed by atoms with Crippen LogP contribution in [0.3, 0.4) is 0 Å². The Balaban J connectivity index is 1.60. The number of anilines is 1. The summed E-state index contributed by atoms with van der Waals surface area (Å²) in [7, 11) is 0. The van der Waals surface area contributed by atoms with Gasteiger partial charge in [0.1, 0.15) is 5.69 Å². The van der Waals surface area contributed by atoms with Crippen molar-refractivity contribution in [3.63, 3.8) is 0 Å². The van der Waals surface area contributed by atoms with Crippen molar-refractivity contribution in [2.24, 2.45) is 5.73 Å². The summed E-state index contributed by atoms with van der Waals surface area (Å²) in [5.74, 6) is 0.401. The summed E-state index contributed by atoms with van der Waals surface area (Å²) in [6.45, 7) is 4.32. The van der Waals surface area contributed by atoms with Gasteiger partial charge in [-0.05, 0) is 43.9 Å². The second-order valence-electron chi connectivity index (χ2n) is 9.09. The second kappa shape index (κ2) is 7.43. The number of ether oxygens (including phenoxy) is 1. The molecule has 1 saturated carbocycles. The van der Waals surface area contributed by atoms with Crippen molar-refractivity contribution < 1.29 is 14.6 Å². The number of amides is 1. The van der Waals surface area contributed by atoms with Crippen molar-refractivity contribution in [3.8, 4) is 28.3 Å². The second-order valence-corrected chi connectivity index (χ2v) is 9.09. The standard InChI is InChI=1S/C26H27N3O3/c1-3-29-21-13-20(17-7-5-4-6-8-17)23(28-24(21)32-14-22(29)30)18-9-11-19(12-10-18)26(27)15-25(2,31)16-26/h4-13,31H,3,14-16,27H2,1-2H3/t25-,26-. The molecule has 2 aliphatic rings. The van der Waals surface area contributed by atoms with Crippen LogP contribution in [0.5, 0.6) is 5.88 Å². The molecule has 1 aliphatic carbocycles. The Bertz CT molecular complexity index is 1160. The van der Waals surface area contributed by atoms with E-state index in [1.54, 1.807) is 4.90 Å². The topological polar surface area (TPSA) is 88.7 Å². The maximum atomic E-state index is 12.3. The number of aliphatic hydroxyl groups is 1. The number of hydrogen-bond donors (Lipinski definition) is 2. The summed E-state index contributed by atoms with van der Waals surface area (Å²) < 4.78 is 5.70. The summed E-state index contributed by atoms with van der Waals surface area (Å²) in [6.07, 6.45) is 1.08. The Hall–Kier alpha value is -3.22. The lowest BCUT2D eigenvalue weighted by Crippen LogP contribution is -2.58. The van der Waals surface area contributed by atoms with Gasteiger partial charge in [0, 0.05) is 23.2 Å². The first-order chi connectivity index (χ1) is 15.3. The van der Waals surface area contributed by atoms with Crippen molar-refractivity contribution in [2.45, 2.75) is 37.8 Å². The number of pyridine rings is 1. The van der Waals surface area contributed by atoms with Gasteiger partial charge >= 0.3 is 0 Å². The fourth-order valence-corrected chi connectivity index (χ4v) is 5.00. The number of fused-ring (bicyclic) bond motifs is 1. The van der Waals surface area contributed by atoms with Gasteiger partial charge in [-0.15, -0.1) is 0 Å². The van der Waals surface area contributed by atoms with Crippen molar-refractivity contribution in [1.29, 1.82) is 0 Å². The molecule has 0 bridgehead atoms. The van der Waals surface area contributed by atoms with E-state index in [1.165, 1.54) is 0 Å². The van der Waals surface area contributed by atoms with Gasteiger partial charge in [0.25, 0.3) is 5.91 Å². The van der Waals surface area contributed by atoms with Crippen LogP contribution >= 0.6 is 0 Å². The Morgan fingerprint density at radius 3 is 2.41 bits per heavy atom. The van der Waals surface area contributed by atoms with E-state index in [9.17, 15) is 9.90 Å². The molecule has 0 saturated heterocycles. The average molecular weight is 430 g/mol. The van der Waals surface area contributed by atoms with E-state index < -0.39 is 11.1 Å². The Labute approximate surface area is 187 Å². The van der Waals surface area contributed by atoms with E-state index in [0.29, 0.717) is 31.0 Å². The smallest absolute Gasteiger partial charge is 0.265 e. The van der Waals surface area contributed by atoms with Crippen molar-refractivity contribution in [2.75, 3.05) is 18.1 Å². The summed E-state index contributed by atoms with van der Waals surface area (Å²) >= 11 is 0. The Kier molecular flexibility index (Phi) is 4.80. The van der Waals surface area contributed by atoms with Crippen molar-refractivity contribution >= 4 is 11.6 Å². The predicted molar refractivity (Wildman–Crippen MR) is 124 cm³/mol. The molecule has 2 aromatic carbocycles. The first-order valence-corrected chi connectivity index (χ1v) is 11.0. The molecule has 1 fully saturated rings. The van der Waals surface area contributed by atoms with Gasteiger partial charge in [0.05, 0.1) is 11.3 Å². The average Bonchev–Trinajstić information content (AvgIpc) is 2.77. The highest BCUT2D eigenvalue weighted by atomic mass is 16.5. The van der Waals surface area contributed by atoms with Gasteiger partial charge in [-0.25, -0.2) is 4.98 Å². The van der Waals surface area contributed by atoms with Crippen LogP contribution in [0.2, 0.25) is 0 Å². The SMILES string of the molecule is CCN1C(=O)COc2nc(-c3ccc([C@]4(N)C[C@](C)(O)C4)cc3)c(-c3ccccc3)cc21. The lowest BCUT2D eigenvalue weighted by molar-refractivity contribution is -0.121. The van der Waals surface area contributed by atoms with Crippen LogP contribution in [-0.4, -0.2) is 34.8 Å². The molecule has 32 heavy (non-hydrogen) atoms. The van der Waals surface area contributed by atoms with E-state index in [0.717, 1.165) is 27.9 Å². The van der Waals surface area contributed by atoms with E-state index in [-0.39, 0.29) is 12.5 Å². The molecule has 3 N–H and O–H groups in total. The number of hydrogen-bond acceptors (Lipinski definition) is 5. The molecule has 6 nitrogen and oxygen atoms in total. The molecular formula is C26H27N3O3. The Morgan fingerprint density at radius 2 is 1.78 bits per heavy atom. The van der Waals surface area contributed by atoms with Crippen molar-refractivity contribution in [1.82, 2.24) is 4.98 Å². The lowest BCUT2D eigenvalue weighted by Gasteiger charge is -2.49. The third-order valence-electron chi connectivity index (χ3n) is 6.42. The van der Waals surface area contributed by atoms with Gasteiger partial charge in [-0.1, -0.05) is 54.6 Å². The number of aromatic nitrogens is 1. The first-order valence-electron chi connectivity index (χ1n) is 11.0. The summed E-state index contributed by atoms with van der Waals surface area (Å²) in [5, 5.41) is 10.1. The number of benzene rings is 2. The monoisotopic (exact) mass is 429 g/mol. The Morgan fingerprint density at radius 1 is 1.09 bits per heavy atom. The summed E-state index contributed by atoms with van der Waals surface area (Å²) in [4.78, 5) is 18.9. The quantitative estimate of drug-likeness (QED) is 0.657. The van der Waals surface area contributed by atoms with Gasteiger partial charge in [-0.2, -0.15) is 0 Å². The minimum atomic E-state index is -0.701. The maximum Gasteiger partial charge on any atom is 0.265 e. The molecule has 164 valence electrons. The molecule has 1 amide bonds. The number of rotatable bonds is 4. The van der Waals surface area contributed by atoms with Crippen LogP contribution in [-0.2, 0) is 10.3 Å². The van der Waals surface area contributed by atoms with E-state index >= 15 is 0 Å².